The van der Waals surface area contributed by atoms with E-state index in [4.69, 9.17) is 10.2 Å². The molecule has 2 nitrogen and oxygen atoms in total. The van der Waals surface area contributed by atoms with Crippen LogP contribution in [-0.4, -0.2) is 0 Å². The van der Waals surface area contributed by atoms with Gasteiger partial charge in [-0.3, -0.25) is 0 Å². The molecule has 1 aliphatic rings. The van der Waals surface area contributed by atoms with E-state index >= 15 is 0 Å². The van der Waals surface area contributed by atoms with Crippen molar-refractivity contribution in [2.24, 2.45) is 11.7 Å². The van der Waals surface area contributed by atoms with Crippen molar-refractivity contribution in [2.75, 3.05) is 0 Å². The summed E-state index contributed by atoms with van der Waals surface area (Å²) in [6.07, 6.45) is 5.32. The summed E-state index contributed by atoms with van der Waals surface area (Å²) in [4.78, 5) is 0. The Morgan fingerprint density at radius 1 is 1.69 bits per heavy atom. The van der Waals surface area contributed by atoms with E-state index in [9.17, 15) is 0 Å². The Morgan fingerprint density at radius 3 is 3.00 bits per heavy atom. The SMILES string of the molecule is CCCC1CC1(N)c1ccoc1C. The fourth-order valence-corrected chi connectivity index (χ4v) is 2.25. The average molecular weight is 179 g/mol. The normalized spacial score (nSPS) is 32.1. The molecule has 0 saturated heterocycles. The van der Waals surface area contributed by atoms with Crippen molar-refractivity contribution in [3.63, 3.8) is 0 Å². The topological polar surface area (TPSA) is 39.2 Å². The molecule has 0 bridgehead atoms. The highest BCUT2D eigenvalue weighted by molar-refractivity contribution is 5.33. The zero-order valence-electron chi connectivity index (χ0n) is 8.34. The summed E-state index contributed by atoms with van der Waals surface area (Å²) in [5, 5.41) is 0. The minimum absolute atomic E-state index is 0.0624. The maximum Gasteiger partial charge on any atom is 0.105 e. The van der Waals surface area contributed by atoms with Gasteiger partial charge in [-0.2, -0.15) is 0 Å². The Labute approximate surface area is 79.1 Å². The van der Waals surface area contributed by atoms with Gasteiger partial charge in [0.1, 0.15) is 5.76 Å². The van der Waals surface area contributed by atoms with Crippen molar-refractivity contribution < 1.29 is 4.42 Å². The van der Waals surface area contributed by atoms with Crippen molar-refractivity contribution in [3.8, 4) is 0 Å². The zero-order chi connectivity index (χ0) is 9.47. The van der Waals surface area contributed by atoms with E-state index in [1.807, 2.05) is 13.0 Å². The second kappa shape index (κ2) is 2.88. The first-order valence-corrected chi connectivity index (χ1v) is 5.02. The van der Waals surface area contributed by atoms with Gasteiger partial charge in [0.25, 0.3) is 0 Å². The second-order valence-corrected chi connectivity index (χ2v) is 4.12. The van der Waals surface area contributed by atoms with Gasteiger partial charge in [0, 0.05) is 11.1 Å². The third-order valence-corrected chi connectivity index (χ3v) is 3.15. The van der Waals surface area contributed by atoms with Crippen LogP contribution in [0.25, 0.3) is 0 Å². The number of aryl methyl sites for hydroxylation is 1. The molecule has 2 unspecified atom stereocenters. The van der Waals surface area contributed by atoms with Crippen LogP contribution in [0.15, 0.2) is 16.7 Å². The summed E-state index contributed by atoms with van der Waals surface area (Å²) in [5.41, 5.74) is 7.43. The van der Waals surface area contributed by atoms with Gasteiger partial charge in [-0.05, 0) is 31.7 Å². The highest BCUT2D eigenvalue weighted by Crippen LogP contribution is 2.53. The van der Waals surface area contributed by atoms with Crippen LogP contribution < -0.4 is 5.73 Å². The lowest BCUT2D eigenvalue weighted by molar-refractivity contribution is 0.512. The molecule has 0 spiro atoms. The summed E-state index contributed by atoms with van der Waals surface area (Å²) in [5.74, 6) is 1.66. The number of hydrogen-bond acceptors (Lipinski definition) is 2. The maximum atomic E-state index is 6.28. The molecule has 1 heterocycles. The number of rotatable bonds is 3. The highest BCUT2D eigenvalue weighted by atomic mass is 16.3. The van der Waals surface area contributed by atoms with Gasteiger partial charge in [-0.15, -0.1) is 0 Å². The van der Waals surface area contributed by atoms with Crippen molar-refractivity contribution >= 4 is 0 Å². The molecular formula is C11H17NO. The molecule has 13 heavy (non-hydrogen) atoms. The van der Waals surface area contributed by atoms with Crippen molar-refractivity contribution in [3.05, 3.63) is 23.7 Å². The van der Waals surface area contributed by atoms with E-state index in [1.165, 1.54) is 18.4 Å². The van der Waals surface area contributed by atoms with Crippen LogP contribution >= 0.6 is 0 Å². The number of nitrogens with two attached hydrogens (primary N) is 1. The summed E-state index contributed by atoms with van der Waals surface area (Å²) < 4.78 is 5.28. The van der Waals surface area contributed by atoms with Crippen LogP contribution in [0.1, 0.15) is 37.5 Å². The van der Waals surface area contributed by atoms with E-state index in [1.54, 1.807) is 6.26 Å². The summed E-state index contributed by atoms with van der Waals surface area (Å²) >= 11 is 0. The molecule has 1 aliphatic carbocycles. The molecule has 0 amide bonds. The smallest absolute Gasteiger partial charge is 0.105 e. The predicted octanol–water partition coefficient (Wildman–Crippen LogP) is 2.56. The highest BCUT2D eigenvalue weighted by Gasteiger charge is 2.52. The third-order valence-electron chi connectivity index (χ3n) is 3.15. The zero-order valence-corrected chi connectivity index (χ0v) is 8.34. The molecule has 1 saturated carbocycles. The monoisotopic (exact) mass is 179 g/mol. The predicted molar refractivity (Wildman–Crippen MR) is 52.3 cm³/mol. The molecule has 1 aromatic heterocycles. The van der Waals surface area contributed by atoms with Gasteiger partial charge in [0.15, 0.2) is 0 Å². The average Bonchev–Trinajstić information content (AvgIpc) is 2.56. The molecular weight excluding hydrogens is 162 g/mol. The van der Waals surface area contributed by atoms with Crippen LogP contribution in [0.2, 0.25) is 0 Å². The minimum atomic E-state index is -0.0624. The quantitative estimate of drug-likeness (QED) is 0.774. The molecule has 0 aliphatic heterocycles. The Balaban J connectivity index is 2.15. The fraction of sp³-hybridized carbons (Fsp3) is 0.636. The van der Waals surface area contributed by atoms with Gasteiger partial charge < -0.3 is 10.2 Å². The number of furan rings is 1. The van der Waals surface area contributed by atoms with Crippen LogP contribution in [0, 0.1) is 12.8 Å². The van der Waals surface area contributed by atoms with Crippen molar-refractivity contribution in [1.82, 2.24) is 0 Å². The first kappa shape index (κ1) is 8.82. The van der Waals surface area contributed by atoms with Crippen molar-refractivity contribution in [2.45, 2.75) is 38.6 Å². The molecule has 0 radical (unpaired) electrons. The first-order chi connectivity index (χ1) is 6.18. The summed E-state index contributed by atoms with van der Waals surface area (Å²) in [7, 11) is 0. The molecule has 72 valence electrons. The minimum Gasteiger partial charge on any atom is -0.469 e. The summed E-state index contributed by atoms with van der Waals surface area (Å²) in [6, 6.07) is 2.02. The van der Waals surface area contributed by atoms with Gasteiger partial charge in [0.05, 0.1) is 6.26 Å². The van der Waals surface area contributed by atoms with Crippen LogP contribution in [0.3, 0.4) is 0 Å². The molecule has 2 N–H and O–H groups in total. The lowest BCUT2D eigenvalue weighted by Crippen LogP contribution is -2.22. The summed E-state index contributed by atoms with van der Waals surface area (Å²) in [6.45, 7) is 4.20. The Bertz CT molecular complexity index is 305. The lowest BCUT2D eigenvalue weighted by Gasteiger charge is -2.09. The third kappa shape index (κ3) is 1.29. The van der Waals surface area contributed by atoms with Gasteiger partial charge in [-0.1, -0.05) is 13.3 Å². The van der Waals surface area contributed by atoms with E-state index in [-0.39, 0.29) is 5.54 Å². The van der Waals surface area contributed by atoms with Crippen LogP contribution in [0.5, 0.6) is 0 Å². The van der Waals surface area contributed by atoms with Gasteiger partial charge >= 0.3 is 0 Å². The molecule has 1 aromatic rings. The lowest BCUT2D eigenvalue weighted by atomic mass is 10.0. The van der Waals surface area contributed by atoms with Crippen LogP contribution in [0.4, 0.5) is 0 Å². The van der Waals surface area contributed by atoms with E-state index in [2.05, 4.69) is 6.92 Å². The molecule has 2 atom stereocenters. The largest absolute Gasteiger partial charge is 0.469 e. The molecule has 1 fully saturated rings. The standard InChI is InChI=1S/C11H17NO/c1-3-4-9-7-11(9,12)10-5-6-13-8(10)2/h5-6,9H,3-4,7,12H2,1-2H3. The molecule has 2 heteroatoms. The molecule has 2 rings (SSSR count). The molecule has 0 aromatic carbocycles. The Hall–Kier alpha value is -0.760. The Kier molecular flexibility index (Phi) is 1.95. The Morgan fingerprint density at radius 2 is 2.46 bits per heavy atom. The van der Waals surface area contributed by atoms with Gasteiger partial charge in [-0.25, -0.2) is 0 Å². The van der Waals surface area contributed by atoms with E-state index < -0.39 is 0 Å². The maximum absolute atomic E-state index is 6.28. The fourth-order valence-electron chi connectivity index (χ4n) is 2.25. The number of hydrogen-bond donors (Lipinski definition) is 1. The van der Waals surface area contributed by atoms with Gasteiger partial charge in [0.2, 0.25) is 0 Å². The van der Waals surface area contributed by atoms with Crippen LogP contribution in [-0.2, 0) is 5.54 Å². The van der Waals surface area contributed by atoms with E-state index in [0.717, 1.165) is 12.2 Å². The second-order valence-electron chi connectivity index (χ2n) is 4.12. The first-order valence-electron chi connectivity index (χ1n) is 5.02. The van der Waals surface area contributed by atoms with Crippen molar-refractivity contribution in [1.29, 1.82) is 0 Å². The van der Waals surface area contributed by atoms with E-state index in [0.29, 0.717) is 5.92 Å².